The van der Waals surface area contributed by atoms with E-state index < -0.39 is 0 Å². The van der Waals surface area contributed by atoms with Crippen LogP contribution >= 0.6 is 0 Å². The molecule has 1 heterocycles. The Bertz CT molecular complexity index is 376. The van der Waals surface area contributed by atoms with E-state index in [1.54, 1.807) is 5.57 Å². The van der Waals surface area contributed by atoms with Gasteiger partial charge in [-0.25, -0.2) is 0 Å². The van der Waals surface area contributed by atoms with Gasteiger partial charge in [0.05, 0.1) is 6.61 Å². The van der Waals surface area contributed by atoms with Gasteiger partial charge in [0.2, 0.25) is 0 Å². The van der Waals surface area contributed by atoms with Crippen molar-refractivity contribution in [2.24, 2.45) is 17.8 Å². The van der Waals surface area contributed by atoms with Gasteiger partial charge in [-0.15, -0.1) is 0 Å². The monoisotopic (exact) mass is 294 g/mol. The first-order valence-corrected chi connectivity index (χ1v) is 8.26. The van der Waals surface area contributed by atoms with Crippen molar-refractivity contribution in [2.45, 2.75) is 58.8 Å². The molecule has 1 saturated heterocycles. The van der Waals surface area contributed by atoms with E-state index in [-0.39, 0.29) is 11.4 Å². The van der Waals surface area contributed by atoms with Gasteiger partial charge >= 0.3 is 5.97 Å². The molecule has 3 unspecified atom stereocenters. The van der Waals surface area contributed by atoms with Gasteiger partial charge in [-0.2, -0.15) is 0 Å². The highest BCUT2D eigenvalue weighted by atomic mass is 16.5. The maximum atomic E-state index is 10.2. The molecular weight excluding hydrogens is 264 g/mol. The molecule has 3 heteroatoms. The van der Waals surface area contributed by atoms with Crippen LogP contribution in [0.25, 0.3) is 0 Å². The van der Waals surface area contributed by atoms with Crippen LogP contribution in [0, 0.1) is 17.8 Å². The Balaban J connectivity index is 0.000000236. The third-order valence-electron chi connectivity index (χ3n) is 4.82. The second-order valence-electron chi connectivity index (χ2n) is 6.21. The van der Waals surface area contributed by atoms with Crippen LogP contribution in [0.1, 0.15) is 58.8 Å². The lowest BCUT2D eigenvalue weighted by atomic mass is 9.69. The zero-order chi connectivity index (χ0) is 14.4. The quantitative estimate of drug-likeness (QED) is 0.690. The second-order valence-corrected chi connectivity index (χ2v) is 6.21. The van der Waals surface area contributed by atoms with E-state index >= 15 is 0 Å². The number of rotatable bonds is 1. The number of hydrogen-bond acceptors (Lipinski definition) is 2. The summed E-state index contributed by atoms with van der Waals surface area (Å²) in [7, 11) is 0. The van der Waals surface area contributed by atoms with Gasteiger partial charge in [0.1, 0.15) is 0 Å². The van der Waals surface area contributed by atoms with Crippen LogP contribution in [0.5, 0.6) is 0 Å². The van der Waals surface area contributed by atoms with Crippen molar-refractivity contribution in [2.75, 3.05) is 6.61 Å². The van der Waals surface area contributed by atoms with Gasteiger partial charge in [0, 0.05) is 6.42 Å². The molecule has 0 amide bonds. The highest BCUT2D eigenvalue weighted by Gasteiger charge is 2.30. The predicted octanol–water partition coefficient (Wildman–Crippen LogP) is 3.83. The van der Waals surface area contributed by atoms with E-state index in [2.05, 4.69) is 36.8 Å². The van der Waals surface area contributed by atoms with Crippen LogP contribution in [-0.4, -0.2) is 18.1 Å². The van der Waals surface area contributed by atoms with Crippen molar-refractivity contribution in [1.82, 2.24) is 0 Å². The van der Waals surface area contributed by atoms with E-state index in [1.165, 1.54) is 25.7 Å². The molecule has 21 heavy (non-hydrogen) atoms. The van der Waals surface area contributed by atoms with E-state index in [0.29, 0.717) is 13.0 Å². The molecule has 2 N–H and O–H groups in total. The Morgan fingerprint density at radius 3 is 2.67 bits per heavy atom. The number of allylic oxidation sites excluding steroid dienone is 4. The molecule has 3 aliphatic rings. The first-order valence-electron chi connectivity index (χ1n) is 8.26. The normalized spacial score (nSPS) is 30.9. The maximum absolute atomic E-state index is 10.2. The minimum atomic E-state index is -0.0359. The van der Waals surface area contributed by atoms with Gasteiger partial charge < -0.3 is 10.2 Å². The molecule has 0 aromatic carbocycles. The maximum Gasteiger partial charge on any atom is 0.305 e. The summed E-state index contributed by atoms with van der Waals surface area (Å²) < 4.78 is 4.64. The lowest BCUT2D eigenvalue weighted by Gasteiger charge is -2.36. The summed E-state index contributed by atoms with van der Waals surface area (Å²) in [5, 5.41) is 0. The highest BCUT2D eigenvalue weighted by molar-refractivity contribution is 5.69. The lowest BCUT2D eigenvalue weighted by molar-refractivity contribution is -0.146. The fourth-order valence-corrected chi connectivity index (χ4v) is 3.64. The first kappa shape index (κ1) is 18.0. The highest BCUT2D eigenvalue weighted by Crippen LogP contribution is 2.41. The van der Waals surface area contributed by atoms with Crippen molar-refractivity contribution in [3.8, 4) is 0 Å². The summed E-state index contributed by atoms with van der Waals surface area (Å²) in [5.74, 6) is 2.56. The number of cyclic esters (lactones) is 1. The number of fused-ring (bicyclic) bond motifs is 1. The number of carbonyl (C=O) groups is 1. The van der Waals surface area contributed by atoms with Crippen molar-refractivity contribution in [1.29, 1.82) is 0 Å². The summed E-state index contributed by atoms with van der Waals surface area (Å²) in [5.41, 5.74) is 1.64. The Morgan fingerprint density at radius 1 is 1.29 bits per heavy atom. The Hall–Kier alpha value is -1.09. The zero-order valence-corrected chi connectivity index (χ0v) is 13.4. The fraction of sp³-hybridized carbons (Fsp3) is 0.722. The van der Waals surface area contributed by atoms with E-state index in [1.807, 2.05) is 0 Å². The van der Waals surface area contributed by atoms with Crippen LogP contribution in [0.2, 0.25) is 0 Å². The molecule has 0 radical (unpaired) electrons. The zero-order valence-electron chi connectivity index (χ0n) is 13.4. The average molecular weight is 294 g/mol. The summed E-state index contributed by atoms with van der Waals surface area (Å²) >= 11 is 0. The fourth-order valence-electron chi connectivity index (χ4n) is 3.64. The summed E-state index contributed by atoms with van der Waals surface area (Å²) in [6, 6.07) is 0. The molecule has 3 nitrogen and oxygen atoms in total. The largest absolute Gasteiger partial charge is 0.466 e. The average Bonchev–Trinajstić information content (AvgIpc) is 2.49. The van der Waals surface area contributed by atoms with Gasteiger partial charge in [-0.1, -0.05) is 38.5 Å². The number of hydrogen-bond donors (Lipinski definition) is 0. The predicted molar refractivity (Wildman–Crippen MR) is 85.9 cm³/mol. The molecule has 3 atom stereocenters. The molecule has 2 aliphatic carbocycles. The first-order chi connectivity index (χ1) is 9.72. The minimum absolute atomic E-state index is 0. The van der Waals surface area contributed by atoms with Crippen molar-refractivity contribution < 1.29 is 15.0 Å². The molecule has 0 spiro atoms. The van der Waals surface area contributed by atoms with Crippen LogP contribution < -0.4 is 0 Å². The number of esters is 1. The third-order valence-corrected chi connectivity index (χ3v) is 4.82. The lowest BCUT2D eigenvalue weighted by Crippen LogP contribution is -2.26. The molecule has 1 fully saturated rings. The molecule has 0 aromatic rings. The van der Waals surface area contributed by atoms with Crippen molar-refractivity contribution >= 4 is 5.97 Å². The van der Waals surface area contributed by atoms with Crippen LogP contribution in [0.15, 0.2) is 23.8 Å². The SMILES string of the molecule is CCC1C(C)C=CC2=CCCCC21.O.O=C1CCCCO1. The molecular formula is C18H30O3. The number of ether oxygens (including phenoxy) is 1. The number of carbonyl (C=O) groups excluding carboxylic acids is 1. The van der Waals surface area contributed by atoms with Gasteiger partial charge in [-0.3, -0.25) is 4.79 Å². The topological polar surface area (TPSA) is 57.8 Å². The van der Waals surface area contributed by atoms with E-state index in [0.717, 1.165) is 30.6 Å². The molecule has 1 aliphatic heterocycles. The standard InChI is InChI=1S/C13H20.C5H8O2.H2O/c1-3-12-10(2)8-9-11-6-4-5-7-13(11)12;6-5-3-1-2-4-7-5;/h6,8-10,12-13H,3-5,7H2,1-2H3;1-4H2;1H2. The van der Waals surface area contributed by atoms with Crippen molar-refractivity contribution in [3.05, 3.63) is 23.8 Å². The summed E-state index contributed by atoms with van der Waals surface area (Å²) in [4.78, 5) is 10.2. The van der Waals surface area contributed by atoms with Crippen molar-refractivity contribution in [3.63, 3.8) is 0 Å². The summed E-state index contributed by atoms with van der Waals surface area (Å²) in [6.45, 7) is 5.35. The molecule has 120 valence electrons. The second kappa shape index (κ2) is 9.04. The van der Waals surface area contributed by atoms with E-state index in [4.69, 9.17) is 0 Å². The third kappa shape index (κ3) is 4.99. The van der Waals surface area contributed by atoms with Gasteiger partial charge in [-0.05, 0) is 55.4 Å². The van der Waals surface area contributed by atoms with E-state index in [9.17, 15) is 4.79 Å². The molecule has 0 saturated carbocycles. The van der Waals surface area contributed by atoms with Gasteiger partial charge in [0.25, 0.3) is 0 Å². The Morgan fingerprint density at radius 2 is 2.10 bits per heavy atom. The molecule has 0 aromatic heterocycles. The summed E-state index contributed by atoms with van der Waals surface area (Å²) in [6.07, 6.45) is 15.4. The Labute approximate surface area is 128 Å². The van der Waals surface area contributed by atoms with Crippen LogP contribution in [0.3, 0.4) is 0 Å². The minimum Gasteiger partial charge on any atom is -0.466 e. The molecule has 0 bridgehead atoms. The molecule has 3 rings (SSSR count). The van der Waals surface area contributed by atoms with Crippen LogP contribution in [0.4, 0.5) is 0 Å². The smallest absolute Gasteiger partial charge is 0.305 e. The van der Waals surface area contributed by atoms with Crippen LogP contribution in [-0.2, 0) is 9.53 Å². The Kier molecular flexibility index (Phi) is 7.73. The van der Waals surface area contributed by atoms with Gasteiger partial charge in [0.15, 0.2) is 0 Å².